The largest absolute Gasteiger partial charge is 0.0654 e. The van der Waals surface area contributed by atoms with E-state index in [1.807, 2.05) is 0 Å². The van der Waals surface area contributed by atoms with Gasteiger partial charge < -0.3 is 0 Å². The number of rotatable bonds is 6. The van der Waals surface area contributed by atoms with Gasteiger partial charge in [-0.1, -0.05) is 77.4 Å². The molecule has 0 rings (SSSR count). The molecule has 0 aromatic carbocycles. The van der Waals surface area contributed by atoms with Crippen molar-refractivity contribution in [2.24, 2.45) is 0 Å². The summed E-state index contributed by atoms with van der Waals surface area (Å²) < 4.78 is 0. The summed E-state index contributed by atoms with van der Waals surface area (Å²) in [6.45, 7) is 14.5. The average Bonchev–Trinajstić information content (AvgIpc) is 2.16. The molecule has 0 aliphatic rings. The van der Waals surface area contributed by atoms with Crippen LogP contribution in [-0.2, 0) is 0 Å². The molecule has 3 unspecified atom stereocenters. The van der Waals surface area contributed by atoms with Crippen LogP contribution in [0.1, 0.15) is 60.8 Å². The van der Waals surface area contributed by atoms with E-state index in [0.29, 0.717) is 0 Å². The molecule has 0 amide bonds. The lowest BCUT2D eigenvalue weighted by molar-refractivity contribution is 0.720. The van der Waals surface area contributed by atoms with E-state index >= 15 is 0 Å². The summed E-state index contributed by atoms with van der Waals surface area (Å²) in [6.07, 6.45) is 4.18. The minimum Gasteiger partial charge on any atom is -0.0654 e. The Morgan fingerprint density at radius 2 is 0.923 bits per heavy atom. The van der Waals surface area contributed by atoms with Crippen molar-refractivity contribution in [3.05, 3.63) is 0 Å². The lowest BCUT2D eigenvalue weighted by Gasteiger charge is -2.31. The first-order valence-electron chi connectivity index (χ1n) is 6.08. The Labute approximate surface area is 86.7 Å². The molecule has 0 bridgehead atoms. The van der Waals surface area contributed by atoms with Gasteiger partial charge in [0.25, 0.3) is 0 Å². The van der Waals surface area contributed by atoms with Gasteiger partial charge in [0.15, 0.2) is 0 Å². The van der Waals surface area contributed by atoms with Crippen LogP contribution in [0.5, 0.6) is 0 Å². The second-order valence-electron chi connectivity index (χ2n) is 4.73. The van der Waals surface area contributed by atoms with E-state index in [1.165, 1.54) is 19.3 Å². The molecule has 0 radical (unpaired) electrons. The third kappa shape index (κ3) is 3.84. The second kappa shape index (κ2) is 6.64. The van der Waals surface area contributed by atoms with E-state index in [0.717, 1.165) is 16.6 Å². The Morgan fingerprint density at radius 1 is 0.692 bits per heavy atom. The third-order valence-corrected chi connectivity index (χ3v) is 9.26. The maximum atomic E-state index is 2.48. The van der Waals surface area contributed by atoms with Crippen LogP contribution in [0.3, 0.4) is 0 Å². The molecule has 0 spiro atoms. The summed E-state index contributed by atoms with van der Waals surface area (Å²) in [5.74, 6) is 0. The van der Waals surface area contributed by atoms with Crippen LogP contribution in [0.15, 0.2) is 0 Å². The first kappa shape index (κ1) is 13.2. The van der Waals surface area contributed by atoms with E-state index in [9.17, 15) is 0 Å². The van der Waals surface area contributed by atoms with Crippen molar-refractivity contribution in [3.8, 4) is 0 Å². The first-order chi connectivity index (χ1) is 6.08. The van der Waals surface area contributed by atoms with Crippen molar-refractivity contribution in [1.82, 2.24) is 0 Å². The zero-order valence-electron chi connectivity index (χ0n) is 10.4. The van der Waals surface area contributed by atoms with Gasteiger partial charge in [0.2, 0.25) is 0 Å². The van der Waals surface area contributed by atoms with Gasteiger partial charge in [-0.3, -0.25) is 0 Å². The Morgan fingerprint density at radius 3 is 1.08 bits per heavy atom. The Hall–Kier alpha value is 0.217. The van der Waals surface area contributed by atoms with Gasteiger partial charge >= 0.3 is 0 Å². The van der Waals surface area contributed by atoms with Crippen LogP contribution in [0.4, 0.5) is 0 Å². The minimum atomic E-state index is -0.516. The van der Waals surface area contributed by atoms with Gasteiger partial charge in [0.05, 0.1) is 0 Å². The standard InChI is InChI=1S/C12H28Si/c1-7-10(4)13(11(5)8-2)12(6)9-3/h10-13H,7-9H2,1-6H3. The van der Waals surface area contributed by atoms with Crippen molar-refractivity contribution < 1.29 is 0 Å². The maximum absolute atomic E-state index is 2.48. The lowest BCUT2D eigenvalue weighted by atomic mass is 10.3. The highest BCUT2D eigenvalue weighted by Gasteiger charge is 2.27. The molecule has 3 atom stereocenters. The maximum Gasteiger partial charge on any atom is 0.0453 e. The fourth-order valence-electron chi connectivity index (χ4n) is 2.50. The average molecular weight is 200 g/mol. The van der Waals surface area contributed by atoms with E-state index in [1.54, 1.807) is 0 Å². The van der Waals surface area contributed by atoms with E-state index < -0.39 is 8.80 Å². The molecule has 0 saturated carbocycles. The summed E-state index contributed by atoms with van der Waals surface area (Å²) in [6, 6.07) is 0. The number of hydrogen-bond donors (Lipinski definition) is 0. The lowest BCUT2D eigenvalue weighted by Crippen LogP contribution is -2.28. The van der Waals surface area contributed by atoms with Gasteiger partial charge in [-0.05, 0) is 0 Å². The van der Waals surface area contributed by atoms with E-state index in [-0.39, 0.29) is 0 Å². The summed E-state index contributed by atoms with van der Waals surface area (Å²) >= 11 is 0. The van der Waals surface area contributed by atoms with Gasteiger partial charge in [-0.2, -0.15) is 0 Å². The SMILES string of the molecule is CCC(C)[SiH](C(C)CC)C(C)CC. The van der Waals surface area contributed by atoms with Crippen LogP contribution < -0.4 is 0 Å². The molecular formula is C12H28Si. The Kier molecular flexibility index (Phi) is 6.75. The van der Waals surface area contributed by atoms with Crippen LogP contribution in [0, 0.1) is 0 Å². The monoisotopic (exact) mass is 200 g/mol. The molecule has 0 fully saturated rings. The van der Waals surface area contributed by atoms with E-state index in [2.05, 4.69) is 41.5 Å². The molecule has 0 nitrogen and oxygen atoms in total. The topological polar surface area (TPSA) is 0 Å². The van der Waals surface area contributed by atoms with Crippen molar-refractivity contribution in [3.63, 3.8) is 0 Å². The Bertz CT molecular complexity index is 98.5. The highest BCUT2D eigenvalue weighted by atomic mass is 28.3. The van der Waals surface area contributed by atoms with Crippen molar-refractivity contribution >= 4 is 8.80 Å². The van der Waals surface area contributed by atoms with E-state index in [4.69, 9.17) is 0 Å². The Balaban J connectivity index is 4.34. The minimum absolute atomic E-state index is 0.516. The fourth-order valence-corrected chi connectivity index (χ4v) is 7.50. The van der Waals surface area contributed by atoms with Crippen molar-refractivity contribution in [1.29, 1.82) is 0 Å². The molecule has 0 heterocycles. The molecule has 0 saturated heterocycles. The predicted octanol–water partition coefficient (Wildman–Crippen LogP) is 4.61. The van der Waals surface area contributed by atoms with Crippen molar-refractivity contribution in [2.75, 3.05) is 0 Å². The third-order valence-electron chi connectivity index (χ3n) is 3.90. The molecule has 80 valence electrons. The van der Waals surface area contributed by atoms with Gasteiger partial charge in [0, 0.05) is 8.80 Å². The summed E-state index contributed by atoms with van der Waals surface area (Å²) in [7, 11) is -0.516. The second-order valence-corrected chi connectivity index (χ2v) is 9.30. The predicted molar refractivity (Wildman–Crippen MR) is 66.3 cm³/mol. The molecule has 0 aromatic heterocycles. The summed E-state index contributed by atoms with van der Waals surface area (Å²) in [4.78, 5) is 0. The van der Waals surface area contributed by atoms with Crippen LogP contribution in [0.2, 0.25) is 16.6 Å². The highest BCUT2D eigenvalue weighted by molar-refractivity contribution is 6.63. The van der Waals surface area contributed by atoms with Crippen molar-refractivity contribution in [2.45, 2.75) is 77.4 Å². The molecule has 0 aromatic rings. The van der Waals surface area contributed by atoms with Crippen LogP contribution in [-0.4, -0.2) is 8.80 Å². The van der Waals surface area contributed by atoms with Crippen LogP contribution >= 0.6 is 0 Å². The fraction of sp³-hybridized carbons (Fsp3) is 1.00. The van der Waals surface area contributed by atoms with Crippen LogP contribution in [0.25, 0.3) is 0 Å². The zero-order chi connectivity index (χ0) is 10.4. The molecule has 0 N–H and O–H groups in total. The summed E-state index contributed by atoms with van der Waals surface area (Å²) in [5, 5.41) is 0. The molecule has 0 aliphatic carbocycles. The molecule has 13 heavy (non-hydrogen) atoms. The highest BCUT2D eigenvalue weighted by Crippen LogP contribution is 2.35. The van der Waals surface area contributed by atoms with Gasteiger partial charge in [-0.25, -0.2) is 0 Å². The summed E-state index contributed by atoms with van der Waals surface area (Å²) in [5.41, 5.74) is 3.10. The molecule has 0 aliphatic heterocycles. The number of hydrogen-bond acceptors (Lipinski definition) is 0. The first-order valence-corrected chi connectivity index (χ1v) is 8.08. The normalized spacial score (nSPS) is 20.8. The molecule has 1 heteroatoms. The van der Waals surface area contributed by atoms with Gasteiger partial charge in [0.1, 0.15) is 0 Å². The van der Waals surface area contributed by atoms with Gasteiger partial charge in [-0.15, -0.1) is 0 Å². The quantitative estimate of drug-likeness (QED) is 0.549. The zero-order valence-corrected chi connectivity index (χ0v) is 11.6. The smallest absolute Gasteiger partial charge is 0.0453 e. The molecular weight excluding hydrogens is 172 g/mol.